The van der Waals surface area contributed by atoms with E-state index in [2.05, 4.69) is 5.32 Å². The van der Waals surface area contributed by atoms with Crippen LogP contribution in [-0.4, -0.2) is 13.7 Å². The Kier molecular flexibility index (Phi) is 2.42. The molecule has 0 spiro atoms. The molecule has 0 radical (unpaired) electrons. The highest BCUT2D eigenvalue weighted by molar-refractivity contribution is 5.44. The van der Waals surface area contributed by atoms with E-state index in [9.17, 15) is 4.39 Å². The molecule has 0 aromatic heterocycles. The van der Waals surface area contributed by atoms with Crippen molar-refractivity contribution < 1.29 is 9.13 Å². The molecule has 0 amide bonds. The molecule has 1 aromatic rings. The third-order valence-electron chi connectivity index (χ3n) is 2.64. The maximum atomic E-state index is 13.2. The molecule has 0 saturated heterocycles. The molecule has 3 heteroatoms. The molecule has 76 valence electrons. The van der Waals surface area contributed by atoms with Crippen molar-refractivity contribution in [1.29, 1.82) is 0 Å². The molecule has 14 heavy (non-hydrogen) atoms. The highest BCUT2D eigenvalue weighted by Gasteiger charge is 2.22. The monoisotopic (exact) mass is 195 g/mol. The Labute approximate surface area is 83.1 Å². The zero-order chi connectivity index (χ0) is 10.1. The highest BCUT2D eigenvalue weighted by atomic mass is 19.1. The molecule has 0 bridgehead atoms. The number of fused-ring (bicyclic) bond motifs is 1. The van der Waals surface area contributed by atoms with Crippen molar-refractivity contribution in [3.05, 3.63) is 29.1 Å². The summed E-state index contributed by atoms with van der Waals surface area (Å²) in [6, 6.07) is 3.28. The second kappa shape index (κ2) is 3.58. The Morgan fingerprint density at radius 1 is 1.50 bits per heavy atom. The van der Waals surface area contributed by atoms with Crippen molar-refractivity contribution in [2.24, 2.45) is 0 Å². The Hall–Kier alpha value is -1.09. The summed E-state index contributed by atoms with van der Waals surface area (Å²) in [4.78, 5) is 0. The zero-order valence-electron chi connectivity index (χ0n) is 8.43. The number of hydrogen-bond donors (Lipinski definition) is 1. The predicted molar refractivity (Wildman–Crippen MR) is 53.0 cm³/mol. The van der Waals surface area contributed by atoms with Crippen molar-refractivity contribution in [3.8, 4) is 5.75 Å². The van der Waals surface area contributed by atoms with Gasteiger partial charge in [-0.3, -0.25) is 0 Å². The lowest BCUT2D eigenvalue weighted by Crippen LogP contribution is -2.24. The van der Waals surface area contributed by atoms with Gasteiger partial charge in [0.15, 0.2) is 0 Å². The zero-order valence-corrected chi connectivity index (χ0v) is 8.43. The lowest BCUT2D eigenvalue weighted by Gasteiger charge is -2.26. The van der Waals surface area contributed by atoms with Gasteiger partial charge in [-0.15, -0.1) is 0 Å². The predicted octanol–water partition coefficient (Wildman–Crippen LogP) is 2.18. The topological polar surface area (TPSA) is 21.3 Å². The smallest absolute Gasteiger partial charge is 0.127 e. The minimum Gasteiger partial charge on any atom is -0.493 e. The fraction of sp³-hybridized carbons (Fsp3) is 0.455. The largest absolute Gasteiger partial charge is 0.493 e. The number of benzene rings is 1. The molecule has 1 aromatic carbocycles. The molecule has 0 fully saturated rings. The maximum Gasteiger partial charge on any atom is 0.127 e. The average molecular weight is 195 g/mol. The third kappa shape index (κ3) is 1.48. The molecular formula is C11H14FNO. The standard InChI is InChI=1S/C11H14FNO/c1-7-5-8(12)6-9-10(13-2)3-4-14-11(7)9/h5-6,10,13H,3-4H2,1-2H3. The van der Waals surface area contributed by atoms with E-state index in [-0.39, 0.29) is 11.9 Å². The van der Waals surface area contributed by atoms with Gasteiger partial charge in [0.05, 0.1) is 6.61 Å². The fourth-order valence-electron chi connectivity index (χ4n) is 1.95. The van der Waals surface area contributed by atoms with Gasteiger partial charge in [0.2, 0.25) is 0 Å². The van der Waals surface area contributed by atoms with Crippen LogP contribution in [0.15, 0.2) is 12.1 Å². The lowest BCUT2D eigenvalue weighted by atomic mass is 9.98. The first kappa shape index (κ1) is 9.46. The minimum absolute atomic E-state index is 0.188. The van der Waals surface area contributed by atoms with E-state index in [0.29, 0.717) is 6.61 Å². The van der Waals surface area contributed by atoms with Crippen LogP contribution in [0, 0.1) is 12.7 Å². The van der Waals surface area contributed by atoms with Crippen molar-refractivity contribution in [1.82, 2.24) is 5.32 Å². The molecule has 2 nitrogen and oxygen atoms in total. The number of aryl methyl sites for hydroxylation is 1. The molecule has 1 heterocycles. The number of ether oxygens (including phenoxy) is 1. The molecular weight excluding hydrogens is 181 g/mol. The molecule has 1 unspecified atom stereocenters. The summed E-state index contributed by atoms with van der Waals surface area (Å²) in [5, 5.41) is 3.17. The van der Waals surface area contributed by atoms with E-state index >= 15 is 0 Å². The summed E-state index contributed by atoms with van der Waals surface area (Å²) in [6.45, 7) is 2.57. The normalized spacial score (nSPS) is 20.1. The Bertz CT molecular complexity index is 351. The van der Waals surface area contributed by atoms with Gasteiger partial charge in [0.25, 0.3) is 0 Å². The highest BCUT2D eigenvalue weighted by Crippen LogP contribution is 2.35. The van der Waals surface area contributed by atoms with Crippen LogP contribution in [0.25, 0.3) is 0 Å². The summed E-state index contributed by atoms with van der Waals surface area (Å²) < 4.78 is 18.7. The van der Waals surface area contributed by atoms with Gasteiger partial charge >= 0.3 is 0 Å². The molecule has 0 aliphatic carbocycles. The summed E-state index contributed by atoms with van der Waals surface area (Å²) in [5.74, 6) is 0.656. The fourth-order valence-corrected chi connectivity index (χ4v) is 1.95. The Balaban J connectivity index is 2.51. The van der Waals surface area contributed by atoms with E-state index in [1.54, 1.807) is 6.07 Å². The van der Waals surface area contributed by atoms with Crippen molar-refractivity contribution in [2.45, 2.75) is 19.4 Å². The third-order valence-corrected chi connectivity index (χ3v) is 2.64. The van der Waals surface area contributed by atoms with Crippen LogP contribution in [0.5, 0.6) is 5.75 Å². The summed E-state index contributed by atoms with van der Waals surface area (Å²) in [6.07, 6.45) is 0.895. The number of nitrogens with one attached hydrogen (secondary N) is 1. The van der Waals surface area contributed by atoms with Crippen LogP contribution < -0.4 is 10.1 Å². The molecule has 1 atom stereocenters. The van der Waals surface area contributed by atoms with Crippen LogP contribution in [0.2, 0.25) is 0 Å². The van der Waals surface area contributed by atoms with Gasteiger partial charge in [-0.25, -0.2) is 4.39 Å². The van der Waals surface area contributed by atoms with Gasteiger partial charge in [0, 0.05) is 18.0 Å². The second-order valence-corrected chi connectivity index (χ2v) is 3.62. The number of rotatable bonds is 1. The van der Waals surface area contributed by atoms with E-state index in [0.717, 1.165) is 23.3 Å². The molecule has 1 N–H and O–H groups in total. The van der Waals surface area contributed by atoms with Crippen LogP contribution in [0.3, 0.4) is 0 Å². The molecule has 1 aliphatic rings. The molecule has 0 saturated carbocycles. The first-order chi connectivity index (χ1) is 6.72. The van der Waals surface area contributed by atoms with Gasteiger partial charge in [0.1, 0.15) is 11.6 Å². The summed E-state index contributed by atoms with van der Waals surface area (Å²) in [5.41, 5.74) is 1.82. The first-order valence-corrected chi connectivity index (χ1v) is 4.82. The van der Waals surface area contributed by atoms with Crippen molar-refractivity contribution in [2.75, 3.05) is 13.7 Å². The van der Waals surface area contributed by atoms with Gasteiger partial charge < -0.3 is 10.1 Å². The van der Waals surface area contributed by atoms with E-state index in [1.165, 1.54) is 6.07 Å². The first-order valence-electron chi connectivity index (χ1n) is 4.82. The Morgan fingerprint density at radius 2 is 2.29 bits per heavy atom. The number of hydrogen-bond acceptors (Lipinski definition) is 2. The van der Waals surface area contributed by atoms with E-state index < -0.39 is 0 Å². The number of halogens is 1. The summed E-state index contributed by atoms with van der Waals surface area (Å²) >= 11 is 0. The summed E-state index contributed by atoms with van der Waals surface area (Å²) in [7, 11) is 1.89. The second-order valence-electron chi connectivity index (χ2n) is 3.62. The lowest BCUT2D eigenvalue weighted by molar-refractivity contribution is 0.254. The SMILES string of the molecule is CNC1CCOc2c(C)cc(F)cc21. The Morgan fingerprint density at radius 3 is 3.00 bits per heavy atom. The van der Waals surface area contributed by atoms with E-state index in [1.807, 2.05) is 14.0 Å². The minimum atomic E-state index is -0.188. The van der Waals surface area contributed by atoms with Crippen molar-refractivity contribution >= 4 is 0 Å². The van der Waals surface area contributed by atoms with Crippen LogP contribution in [0.1, 0.15) is 23.6 Å². The average Bonchev–Trinajstić information content (AvgIpc) is 2.17. The van der Waals surface area contributed by atoms with Crippen LogP contribution in [0.4, 0.5) is 4.39 Å². The van der Waals surface area contributed by atoms with Crippen molar-refractivity contribution in [3.63, 3.8) is 0 Å². The van der Waals surface area contributed by atoms with Crippen LogP contribution >= 0.6 is 0 Å². The van der Waals surface area contributed by atoms with Gasteiger partial charge in [-0.1, -0.05) is 0 Å². The molecule has 2 rings (SSSR count). The van der Waals surface area contributed by atoms with Crippen LogP contribution in [-0.2, 0) is 0 Å². The quantitative estimate of drug-likeness (QED) is 0.741. The van der Waals surface area contributed by atoms with Gasteiger partial charge in [-0.05, 0) is 31.7 Å². The molecule has 1 aliphatic heterocycles. The maximum absolute atomic E-state index is 13.2. The van der Waals surface area contributed by atoms with E-state index in [4.69, 9.17) is 4.74 Å². The van der Waals surface area contributed by atoms with Gasteiger partial charge in [-0.2, -0.15) is 0 Å².